The quantitative estimate of drug-likeness (QED) is 0.501. The van der Waals surface area contributed by atoms with Crippen LogP contribution in [0.4, 0.5) is 0 Å². The summed E-state index contributed by atoms with van der Waals surface area (Å²) in [6.45, 7) is 5.82. The SMILES string of the molecule is Cc1ccccc1C(C)(C)N=C=O. The van der Waals surface area contributed by atoms with Crippen LogP contribution in [0.25, 0.3) is 0 Å². The van der Waals surface area contributed by atoms with Crippen LogP contribution in [0.5, 0.6) is 0 Å². The first kappa shape index (κ1) is 9.69. The zero-order valence-electron chi connectivity index (χ0n) is 8.16. The van der Waals surface area contributed by atoms with Crippen LogP contribution in [-0.2, 0) is 10.3 Å². The van der Waals surface area contributed by atoms with Gasteiger partial charge in [0.15, 0.2) is 0 Å². The van der Waals surface area contributed by atoms with Crippen LogP contribution >= 0.6 is 0 Å². The Morgan fingerprint density at radius 3 is 2.46 bits per heavy atom. The average Bonchev–Trinajstić information content (AvgIpc) is 2.04. The van der Waals surface area contributed by atoms with Crippen molar-refractivity contribution < 1.29 is 4.79 Å². The van der Waals surface area contributed by atoms with Crippen molar-refractivity contribution in [3.8, 4) is 0 Å². The predicted molar refractivity (Wildman–Crippen MR) is 52.3 cm³/mol. The molecule has 0 aliphatic heterocycles. The summed E-state index contributed by atoms with van der Waals surface area (Å²) >= 11 is 0. The van der Waals surface area contributed by atoms with E-state index in [1.165, 1.54) is 0 Å². The lowest BCUT2D eigenvalue weighted by Crippen LogP contribution is -2.14. The van der Waals surface area contributed by atoms with Crippen LogP contribution in [0.1, 0.15) is 25.0 Å². The first-order valence-electron chi connectivity index (χ1n) is 4.23. The summed E-state index contributed by atoms with van der Waals surface area (Å²) in [5.74, 6) is 0. The van der Waals surface area contributed by atoms with Gasteiger partial charge in [0.05, 0.1) is 5.54 Å². The molecule has 0 unspecified atom stereocenters. The molecule has 0 saturated carbocycles. The molecule has 1 rings (SSSR count). The number of hydrogen-bond acceptors (Lipinski definition) is 2. The largest absolute Gasteiger partial charge is 0.235 e. The van der Waals surface area contributed by atoms with Gasteiger partial charge in [-0.1, -0.05) is 24.3 Å². The highest BCUT2D eigenvalue weighted by molar-refractivity contribution is 5.39. The molecule has 1 aromatic rings. The van der Waals surface area contributed by atoms with Gasteiger partial charge in [-0.05, 0) is 31.9 Å². The van der Waals surface area contributed by atoms with E-state index in [0.717, 1.165) is 11.1 Å². The number of hydrogen-bond donors (Lipinski definition) is 0. The first-order valence-corrected chi connectivity index (χ1v) is 4.23. The maximum Gasteiger partial charge on any atom is 0.235 e. The number of benzene rings is 1. The number of isocyanates is 1. The van der Waals surface area contributed by atoms with E-state index in [1.807, 2.05) is 45.0 Å². The normalized spacial score (nSPS) is 10.7. The van der Waals surface area contributed by atoms with Crippen molar-refractivity contribution in [2.24, 2.45) is 4.99 Å². The third kappa shape index (κ3) is 2.04. The van der Waals surface area contributed by atoms with Gasteiger partial charge in [0, 0.05) is 0 Å². The van der Waals surface area contributed by atoms with Crippen molar-refractivity contribution in [2.45, 2.75) is 26.3 Å². The molecule has 0 saturated heterocycles. The van der Waals surface area contributed by atoms with Gasteiger partial charge in [0.2, 0.25) is 6.08 Å². The third-order valence-corrected chi connectivity index (χ3v) is 2.13. The first-order chi connectivity index (χ1) is 6.08. The van der Waals surface area contributed by atoms with Crippen LogP contribution in [-0.4, -0.2) is 6.08 Å². The number of rotatable bonds is 2. The number of aliphatic imine (C=N–C) groups is 1. The number of carbonyl (C=O) groups excluding carboxylic acids is 1. The van der Waals surface area contributed by atoms with Crippen molar-refractivity contribution in [3.05, 3.63) is 35.4 Å². The lowest BCUT2D eigenvalue weighted by Gasteiger charge is -2.19. The average molecular weight is 175 g/mol. The lowest BCUT2D eigenvalue weighted by molar-refractivity contribution is 0.521. The summed E-state index contributed by atoms with van der Waals surface area (Å²) in [5, 5.41) is 0. The molecule has 13 heavy (non-hydrogen) atoms. The molecule has 2 nitrogen and oxygen atoms in total. The standard InChI is InChI=1S/C11H13NO/c1-9-6-4-5-7-10(9)11(2,3)12-8-13/h4-7H,1-3H3. The fourth-order valence-electron chi connectivity index (χ4n) is 1.43. The second kappa shape index (κ2) is 3.55. The van der Waals surface area contributed by atoms with E-state index in [4.69, 9.17) is 0 Å². The Hall–Kier alpha value is -1.40. The van der Waals surface area contributed by atoms with Crippen molar-refractivity contribution in [1.29, 1.82) is 0 Å². The van der Waals surface area contributed by atoms with Crippen molar-refractivity contribution >= 4 is 6.08 Å². The molecule has 0 bridgehead atoms. The van der Waals surface area contributed by atoms with E-state index in [2.05, 4.69) is 4.99 Å². The van der Waals surface area contributed by atoms with Gasteiger partial charge in [0.1, 0.15) is 0 Å². The second-order valence-electron chi connectivity index (χ2n) is 3.58. The van der Waals surface area contributed by atoms with Gasteiger partial charge in [-0.15, -0.1) is 0 Å². The molecule has 0 spiro atoms. The lowest BCUT2D eigenvalue weighted by atomic mass is 9.91. The molecule has 0 fully saturated rings. The highest BCUT2D eigenvalue weighted by Crippen LogP contribution is 2.26. The van der Waals surface area contributed by atoms with E-state index in [1.54, 1.807) is 6.08 Å². The summed E-state index contributed by atoms with van der Waals surface area (Å²) < 4.78 is 0. The highest BCUT2D eigenvalue weighted by atomic mass is 16.1. The minimum atomic E-state index is -0.465. The van der Waals surface area contributed by atoms with Gasteiger partial charge < -0.3 is 0 Å². The number of nitrogens with zero attached hydrogens (tertiary/aromatic N) is 1. The molecule has 68 valence electrons. The van der Waals surface area contributed by atoms with E-state index in [-0.39, 0.29) is 0 Å². The van der Waals surface area contributed by atoms with Crippen molar-refractivity contribution in [3.63, 3.8) is 0 Å². The molecule has 0 aliphatic carbocycles. The Labute approximate surface area is 78.3 Å². The van der Waals surface area contributed by atoms with Gasteiger partial charge in [-0.25, -0.2) is 4.79 Å². The Balaban J connectivity index is 3.21. The van der Waals surface area contributed by atoms with Crippen LogP contribution < -0.4 is 0 Å². The maximum absolute atomic E-state index is 10.2. The summed E-state index contributed by atoms with van der Waals surface area (Å²) in [5.41, 5.74) is 1.75. The molecule has 0 aromatic heterocycles. The minimum absolute atomic E-state index is 0.465. The molecule has 0 aliphatic rings. The fraction of sp³-hybridized carbons (Fsp3) is 0.364. The van der Waals surface area contributed by atoms with Crippen molar-refractivity contribution in [1.82, 2.24) is 0 Å². The van der Waals surface area contributed by atoms with E-state index in [9.17, 15) is 4.79 Å². The summed E-state index contributed by atoms with van der Waals surface area (Å²) in [6, 6.07) is 7.91. The van der Waals surface area contributed by atoms with Crippen LogP contribution in [0.2, 0.25) is 0 Å². The Morgan fingerprint density at radius 2 is 1.92 bits per heavy atom. The molecule has 0 atom stereocenters. The van der Waals surface area contributed by atoms with Gasteiger partial charge in [-0.2, -0.15) is 4.99 Å². The Morgan fingerprint density at radius 1 is 1.31 bits per heavy atom. The van der Waals surface area contributed by atoms with Gasteiger partial charge in [-0.3, -0.25) is 0 Å². The zero-order valence-corrected chi connectivity index (χ0v) is 8.16. The summed E-state index contributed by atoms with van der Waals surface area (Å²) in [7, 11) is 0. The van der Waals surface area contributed by atoms with Gasteiger partial charge >= 0.3 is 0 Å². The molecule has 2 heteroatoms. The van der Waals surface area contributed by atoms with Crippen LogP contribution in [0.15, 0.2) is 29.3 Å². The maximum atomic E-state index is 10.2. The molecular weight excluding hydrogens is 162 g/mol. The van der Waals surface area contributed by atoms with Crippen molar-refractivity contribution in [2.75, 3.05) is 0 Å². The van der Waals surface area contributed by atoms with E-state index >= 15 is 0 Å². The smallest absolute Gasteiger partial charge is 0.211 e. The predicted octanol–water partition coefficient (Wildman–Crippen LogP) is 2.57. The zero-order chi connectivity index (χ0) is 9.90. The molecule has 0 radical (unpaired) electrons. The molecule has 0 amide bonds. The molecule has 0 heterocycles. The molecule has 0 N–H and O–H groups in total. The monoisotopic (exact) mass is 175 g/mol. The van der Waals surface area contributed by atoms with E-state index < -0.39 is 5.54 Å². The topological polar surface area (TPSA) is 29.4 Å². The Bertz CT molecular complexity index is 349. The van der Waals surface area contributed by atoms with Gasteiger partial charge in [0.25, 0.3) is 0 Å². The Kier molecular flexibility index (Phi) is 2.64. The number of aryl methyl sites for hydroxylation is 1. The summed E-state index contributed by atoms with van der Waals surface area (Å²) in [6.07, 6.45) is 1.61. The van der Waals surface area contributed by atoms with Crippen LogP contribution in [0, 0.1) is 6.92 Å². The van der Waals surface area contributed by atoms with E-state index in [0.29, 0.717) is 0 Å². The molecule has 1 aromatic carbocycles. The summed E-state index contributed by atoms with van der Waals surface area (Å²) in [4.78, 5) is 14.0. The molecular formula is C11H13NO. The fourth-order valence-corrected chi connectivity index (χ4v) is 1.43. The second-order valence-corrected chi connectivity index (χ2v) is 3.58. The van der Waals surface area contributed by atoms with Crippen LogP contribution in [0.3, 0.4) is 0 Å². The highest BCUT2D eigenvalue weighted by Gasteiger charge is 2.20. The third-order valence-electron chi connectivity index (χ3n) is 2.13. The minimum Gasteiger partial charge on any atom is -0.211 e.